The molecule has 0 aliphatic heterocycles. The Labute approximate surface area is 133 Å². The number of carbonyl (C=O) groups is 2. The van der Waals surface area contributed by atoms with Gasteiger partial charge in [0.05, 0.1) is 5.41 Å². The molecule has 0 radical (unpaired) electrons. The SMILES string of the molecule is CC(=O)OS(=O)(=O)C1CCCC1(Cc1ccc(N)nc1)C(=O)O. The summed E-state index contributed by atoms with van der Waals surface area (Å²) in [5.41, 5.74) is 4.51. The Morgan fingerprint density at radius 2 is 2.17 bits per heavy atom. The maximum atomic E-state index is 12.3. The largest absolute Gasteiger partial charge is 0.481 e. The second kappa shape index (κ2) is 6.15. The number of pyridine rings is 1. The van der Waals surface area contributed by atoms with Crippen LogP contribution in [-0.4, -0.2) is 35.7 Å². The molecule has 0 aromatic carbocycles. The van der Waals surface area contributed by atoms with Crippen molar-refractivity contribution in [3.05, 3.63) is 23.9 Å². The lowest BCUT2D eigenvalue weighted by Gasteiger charge is -2.30. The van der Waals surface area contributed by atoms with E-state index in [1.54, 1.807) is 6.07 Å². The van der Waals surface area contributed by atoms with Gasteiger partial charge in [-0.15, -0.1) is 0 Å². The molecule has 2 unspecified atom stereocenters. The van der Waals surface area contributed by atoms with E-state index in [0.717, 1.165) is 6.92 Å². The van der Waals surface area contributed by atoms with E-state index >= 15 is 0 Å². The van der Waals surface area contributed by atoms with E-state index in [1.165, 1.54) is 12.3 Å². The number of rotatable bonds is 5. The predicted molar refractivity (Wildman–Crippen MR) is 80.7 cm³/mol. The molecule has 1 saturated carbocycles. The zero-order valence-electron chi connectivity index (χ0n) is 12.6. The first-order valence-corrected chi connectivity index (χ1v) is 8.52. The summed E-state index contributed by atoms with van der Waals surface area (Å²) in [7, 11) is -4.32. The molecule has 1 aromatic rings. The molecule has 1 fully saturated rings. The van der Waals surface area contributed by atoms with Crippen LogP contribution >= 0.6 is 0 Å². The molecule has 1 aromatic heterocycles. The second-order valence-electron chi connectivity index (χ2n) is 5.68. The fourth-order valence-electron chi connectivity index (χ4n) is 3.11. The third-order valence-corrected chi connectivity index (χ3v) is 5.93. The average molecular weight is 342 g/mol. The van der Waals surface area contributed by atoms with Gasteiger partial charge in [0, 0.05) is 13.1 Å². The summed E-state index contributed by atoms with van der Waals surface area (Å²) in [6, 6.07) is 3.14. The Kier molecular flexibility index (Phi) is 4.60. The summed E-state index contributed by atoms with van der Waals surface area (Å²) in [6.07, 6.45) is 2.12. The van der Waals surface area contributed by atoms with E-state index in [-0.39, 0.29) is 25.1 Å². The van der Waals surface area contributed by atoms with Crippen molar-refractivity contribution in [2.24, 2.45) is 5.41 Å². The summed E-state index contributed by atoms with van der Waals surface area (Å²) in [4.78, 5) is 26.8. The van der Waals surface area contributed by atoms with Crippen LogP contribution in [0.15, 0.2) is 18.3 Å². The van der Waals surface area contributed by atoms with Gasteiger partial charge in [-0.3, -0.25) is 9.59 Å². The van der Waals surface area contributed by atoms with Crippen molar-refractivity contribution in [2.75, 3.05) is 5.73 Å². The molecule has 1 heterocycles. The van der Waals surface area contributed by atoms with Crippen LogP contribution in [0.1, 0.15) is 31.7 Å². The molecule has 2 rings (SSSR count). The molecule has 8 nitrogen and oxygen atoms in total. The monoisotopic (exact) mass is 342 g/mol. The number of hydrogen-bond donors (Lipinski definition) is 2. The fraction of sp³-hybridized carbons (Fsp3) is 0.500. The molecule has 1 aliphatic rings. The molecule has 0 saturated heterocycles. The number of carbonyl (C=O) groups excluding carboxylic acids is 1. The Morgan fingerprint density at radius 3 is 2.70 bits per heavy atom. The number of nitrogen functional groups attached to an aromatic ring is 1. The minimum Gasteiger partial charge on any atom is -0.481 e. The minimum atomic E-state index is -4.32. The Morgan fingerprint density at radius 1 is 1.48 bits per heavy atom. The summed E-state index contributed by atoms with van der Waals surface area (Å²) < 4.78 is 28.9. The molecule has 23 heavy (non-hydrogen) atoms. The van der Waals surface area contributed by atoms with Crippen LogP contribution in [0.4, 0.5) is 5.82 Å². The van der Waals surface area contributed by atoms with E-state index in [9.17, 15) is 23.1 Å². The van der Waals surface area contributed by atoms with E-state index in [4.69, 9.17) is 5.73 Å². The average Bonchev–Trinajstić information content (AvgIpc) is 2.86. The molecular weight excluding hydrogens is 324 g/mol. The lowest BCUT2D eigenvalue weighted by Crippen LogP contribution is -2.45. The van der Waals surface area contributed by atoms with Crippen molar-refractivity contribution in [1.29, 1.82) is 0 Å². The minimum absolute atomic E-state index is 0.0270. The van der Waals surface area contributed by atoms with Crippen LogP contribution in [-0.2, 0) is 30.3 Å². The molecular formula is C14H18N2O6S. The first-order valence-electron chi connectivity index (χ1n) is 7.05. The van der Waals surface area contributed by atoms with Gasteiger partial charge >= 0.3 is 22.1 Å². The Hall–Kier alpha value is -2.16. The lowest BCUT2D eigenvalue weighted by molar-refractivity contribution is -0.148. The Bertz CT molecular complexity index is 715. The molecule has 0 bridgehead atoms. The van der Waals surface area contributed by atoms with Crippen molar-refractivity contribution in [3.8, 4) is 0 Å². The van der Waals surface area contributed by atoms with Crippen LogP contribution in [0.25, 0.3) is 0 Å². The van der Waals surface area contributed by atoms with E-state index in [0.29, 0.717) is 12.0 Å². The highest BCUT2D eigenvalue weighted by molar-refractivity contribution is 7.87. The first-order chi connectivity index (χ1) is 10.7. The van der Waals surface area contributed by atoms with Gasteiger partial charge in [0.15, 0.2) is 0 Å². The lowest BCUT2D eigenvalue weighted by atomic mass is 9.80. The van der Waals surface area contributed by atoms with Crippen LogP contribution in [0, 0.1) is 5.41 Å². The second-order valence-corrected chi connectivity index (χ2v) is 7.40. The number of anilines is 1. The van der Waals surface area contributed by atoms with Crippen molar-refractivity contribution in [1.82, 2.24) is 4.98 Å². The highest BCUT2D eigenvalue weighted by atomic mass is 32.2. The molecule has 3 N–H and O–H groups in total. The van der Waals surface area contributed by atoms with Crippen LogP contribution in [0.3, 0.4) is 0 Å². The maximum Gasteiger partial charge on any atom is 0.319 e. The van der Waals surface area contributed by atoms with Crippen LogP contribution in [0.5, 0.6) is 0 Å². The molecule has 2 atom stereocenters. The van der Waals surface area contributed by atoms with Crippen LogP contribution < -0.4 is 5.73 Å². The summed E-state index contributed by atoms with van der Waals surface area (Å²) in [6.45, 7) is 0.971. The van der Waals surface area contributed by atoms with Gasteiger partial charge in [0.1, 0.15) is 11.1 Å². The summed E-state index contributed by atoms with van der Waals surface area (Å²) in [5, 5.41) is 8.41. The highest BCUT2D eigenvalue weighted by Gasteiger charge is 2.56. The van der Waals surface area contributed by atoms with Crippen molar-refractivity contribution in [3.63, 3.8) is 0 Å². The molecule has 1 aliphatic carbocycles. The molecule has 0 amide bonds. The number of hydrogen-bond acceptors (Lipinski definition) is 7. The fourth-order valence-corrected chi connectivity index (χ4v) is 4.86. The van der Waals surface area contributed by atoms with Gasteiger partial charge in [-0.1, -0.05) is 12.5 Å². The molecule has 126 valence electrons. The highest BCUT2D eigenvalue weighted by Crippen LogP contribution is 2.45. The van der Waals surface area contributed by atoms with E-state index in [2.05, 4.69) is 9.17 Å². The van der Waals surface area contributed by atoms with Gasteiger partial charge < -0.3 is 15.0 Å². The van der Waals surface area contributed by atoms with E-state index in [1.807, 2.05) is 0 Å². The number of aliphatic carboxylic acids is 1. The van der Waals surface area contributed by atoms with Gasteiger partial charge in [-0.2, -0.15) is 8.42 Å². The zero-order valence-corrected chi connectivity index (χ0v) is 13.4. The predicted octanol–water partition coefficient (Wildman–Crippen LogP) is 0.723. The van der Waals surface area contributed by atoms with Gasteiger partial charge in [0.25, 0.3) is 0 Å². The normalized spacial score (nSPS) is 24.3. The molecule has 0 spiro atoms. The Balaban J connectivity index is 2.40. The number of nitrogens with zero attached hydrogens (tertiary/aromatic N) is 1. The summed E-state index contributed by atoms with van der Waals surface area (Å²) in [5.74, 6) is -1.92. The van der Waals surface area contributed by atoms with Crippen molar-refractivity contribution >= 4 is 27.9 Å². The topological polar surface area (TPSA) is 137 Å². The van der Waals surface area contributed by atoms with Crippen molar-refractivity contribution < 1.29 is 27.3 Å². The number of aromatic nitrogens is 1. The van der Waals surface area contributed by atoms with Crippen molar-refractivity contribution in [2.45, 2.75) is 37.9 Å². The molecule has 9 heteroatoms. The number of nitrogens with two attached hydrogens (primary N) is 1. The van der Waals surface area contributed by atoms with Crippen LogP contribution in [0.2, 0.25) is 0 Å². The third kappa shape index (κ3) is 3.44. The van der Waals surface area contributed by atoms with Gasteiger partial charge in [0.2, 0.25) is 0 Å². The zero-order chi connectivity index (χ0) is 17.3. The first kappa shape index (κ1) is 17.2. The summed E-state index contributed by atoms with van der Waals surface area (Å²) >= 11 is 0. The standard InChI is InChI=1S/C14H18N2O6S/c1-9(17)22-23(20,21)11-3-2-6-14(11,13(18)19)7-10-4-5-12(15)16-8-10/h4-5,8,11H,2-3,6-7H2,1H3,(H2,15,16)(H,18,19). The quantitative estimate of drug-likeness (QED) is 0.747. The number of carboxylic acids is 1. The number of carboxylic acid groups (broad SMARTS) is 1. The third-order valence-electron chi connectivity index (χ3n) is 4.08. The van der Waals surface area contributed by atoms with Gasteiger partial charge in [-0.25, -0.2) is 4.98 Å². The van der Waals surface area contributed by atoms with Gasteiger partial charge in [-0.05, 0) is 30.9 Å². The maximum absolute atomic E-state index is 12.3. The smallest absolute Gasteiger partial charge is 0.319 e. The van der Waals surface area contributed by atoms with E-state index < -0.39 is 32.7 Å².